The van der Waals surface area contributed by atoms with Gasteiger partial charge in [-0.15, -0.1) is 0 Å². The monoisotopic (exact) mass is 284 g/mol. The smallest absolute Gasteiger partial charge is 0.364 e. The summed E-state index contributed by atoms with van der Waals surface area (Å²) >= 11 is 0. The first kappa shape index (κ1) is 15.7. The third kappa shape index (κ3) is 4.73. The van der Waals surface area contributed by atoms with Crippen LogP contribution in [0.15, 0.2) is 28.0 Å². The van der Waals surface area contributed by atoms with E-state index in [0.29, 0.717) is 0 Å². The van der Waals surface area contributed by atoms with Crippen molar-refractivity contribution in [2.75, 3.05) is 14.2 Å². The first-order valence-corrected chi connectivity index (χ1v) is 5.76. The molecule has 1 heterocycles. The molecule has 1 aromatic rings. The van der Waals surface area contributed by atoms with Gasteiger partial charge in [0.1, 0.15) is 6.10 Å². The fraction of sp³-hybridized carbons (Fsp3) is 0.417. The van der Waals surface area contributed by atoms with Crippen LogP contribution in [0, 0.1) is 0 Å². The lowest BCUT2D eigenvalue weighted by Gasteiger charge is -2.09. The van der Waals surface area contributed by atoms with Gasteiger partial charge in [0.2, 0.25) is 11.6 Å². The maximum Gasteiger partial charge on any atom is 0.364 e. The van der Waals surface area contributed by atoms with Crippen LogP contribution in [0.4, 0.5) is 0 Å². The van der Waals surface area contributed by atoms with Gasteiger partial charge in [0.05, 0.1) is 26.9 Å². The molecule has 0 aliphatic carbocycles. The maximum absolute atomic E-state index is 11.6. The highest BCUT2D eigenvalue weighted by atomic mass is 16.6. The Labute approximate surface area is 115 Å². The van der Waals surface area contributed by atoms with Gasteiger partial charge in [0.25, 0.3) is 0 Å². The molecule has 1 unspecified atom stereocenters. The van der Waals surface area contributed by atoms with Gasteiger partial charge in [-0.05, 0) is 19.1 Å². The average Bonchev–Trinajstić information content (AvgIpc) is 2.92. The Balaban J connectivity index is 2.68. The molecule has 0 aromatic carbocycles. The molecule has 1 aromatic heterocycles. The summed E-state index contributed by atoms with van der Waals surface area (Å²) in [7, 11) is 2.55. The lowest BCUT2D eigenvalue weighted by molar-refractivity contribution is -0.134. The van der Waals surface area contributed by atoms with Crippen molar-refractivity contribution in [3.8, 4) is 0 Å². The second-order valence-corrected chi connectivity index (χ2v) is 3.76. The lowest BCUT2D eigenvalue weighted by atomic mass is 10.3. The first-order valence-electron chi connectivity index (χ1n) is 5.76. The molecule has 8 nitrogen and oxygen atoms in total. The van der Waals surface area contributed by atoms with Gasteiger partial charge in [-0.25, -0.2) is 10.3 Å². The number of hydrogen-bond acceptors (Lipinski definition) is 7. The molecule has 1 amide bonds. The van der Waals surface area contributed by atoms with Crippen LogP contribution < -0.4 is 5.48 Å². The van der Waals surface area contributed by atoms with Gasteiger partial charge < -0.3 is 14.0 Å². The average molecular weight is 284 g/mol. The third-order valence-corrected chi connectivity index (χ3v) is 2.15. The van der Waals surface area contributed by atoms with Crippen LogP contribution in [0.3, 0.4) is 0 Å². The number of carbonyl (C=O) groups is 2. The molecule has 0 spiro atoms. The standard InChI is InChI=1S/C12H16N2O6/c1-8(7-10(15)13-18-3)20-14-11(12(16)17-2)9-5-4-6-19-9/h4-6,8H,7H2,1-3H3,(H,13,15)/b14-11-. The van der Waals surface area contributed by atoms with Crippen molar-refractivity contribution in [2.45, 2.75) is 19.4 Å². The summed E-state index contributed by atoms with van der Waals surface area (Å²) in [6.45, 7) is 1.62. The van der Waals surface area contributed by atoms with Crippen molar-refractivity contribution in [3.63, 3.8) is 0 Å². The number of hydrogen-bond donors (Lipinski definition) is 1. The number of ether oxygens (including phenoxy) is 1. The number of amides is 1. The normalized spacial score (nSPS) is 12.7. The van der Waals surface area contributed by atoms with Crippen LogP contribution in [0.25, 0.3) is 0 Å². The largest absolute Gasteiger partial charge is 0.464 e. The maximum atomic E-state index is 11.6. The Hall–Kier alpha value is -2.35. The molecule has 1 N–H and O–H groups in total. The van der Waals surface area contributed by atoms with Crippen LogP contribution in [-0.4, -0.2) is 37.9 Å². The number of nitrogens with zero attached hydrogens (tertiary/aromatic N) is 1. The molecule has 0 radical (unpaired) electrons. The Morgan fingerprint density at radius 3 is 2.75 bits per heavy atom. The quantitative estimate of drug-likeness (QED) is 0.448. The van der Waals surface area contributed by atoms with Gasteiger partial charge >= 0.3 is 5.97 Å². The van der Waals surface area contributed by atoms with Crippen LogP contribution in [0.5, 0.6) is 0 Å². The van der Waals surface area contributed by atoms with Crippen molar-refractivity contribution in [3.05, 3.63) is 24.2 Å². The minimum absolute atomic E-state index is 0.0178. The van der Waals surface area contributed by atoms with E-state index in [9.17, 15) is 9.59 Å². The molecule has 110 valence electrons. The molecule has 0 aliphatic heterocycles. The molecular weight excluding hydrogens is 268 g/mol. The minimum atomic E-state index is -0.700. The molecule has 20 heavy (non-hydrogen) atoms. The second-order valence-electron chi connectivity index (χ2n) is 3.76. The Morgan fingerprint density at radius 1 is 1.45 bits per heavy atom. The predicted molar refractivity (Wildman–Crippen MR) is 67.6 cm³/mol. The Morgan fingerprint density at radius 2 is 2.20 bits per heavy atom. The van der Waals surface area contributed by atoms with E-state index < -0.39 is 12.1 Å². The van der Waals surface area contributed by atoms with Crippen molar-refractivity contribution < 1.29 is 28.4 Å². The highest BCUT2D eigenvalue weighted by molar-refractivity contribution is 6.42. The van der Waals surface area contributed by atoms with Gasteiger partial charge in [-0.3, -0.25) is 9.63 Å². The van der Waals surface area contributed by atoms with Crippen LogP contribution in [0.2, 0.25) is 0 Å². The Bertz CT molecular complexity index is 468. The topological polar surface area (TPSA) is 99.4 Å². The summed E-state index contributed by atoms with van der Waals surface area (Å²) in [6.07, 6.45) is 0.854. The summed E-state index contributed by atoms with van der Waals surface area (Å²) in [5, 5.41) is 3.68. The second kappa shape index (κ2) is 7.95. The molecule has 8 heteroatoms. The molecule has 1 rings (SSSR count). The summed E-state index contributed by atoms with van der Waals surface area (Å²) in [6, 6.07) is 3.14. The van der Waals surface area contributed by atoms with E-state index in [-0.39, 0.29) is 23.8 Å². The van der Waals surface area contributed by atoms with Crippen molar-refractivity contribution in [1.29, 1.82) is 0 Å². The zero-order chi connectivity index (χ0) is 15.0. The molecular formula is C12H16N2O6. The lowest BCUT2D eigenvalue weighted by Crippen LogP contribution is -2.26. The zero-order valence-electron chi connectivity index (χ0n) is 11.4. The minimum Gasteiger partial charge on any atom is -0.464 e. The molecule has 0 saturated heterocycles. The van der Waals surface area contributed by atoms with E-state index in [1.165, 1.54) is 20.5 Å². The van der Waals surface area contributed by atoms with Gasteiger partial charge in [0, 0.05) is 0 Å². The van der Waals surface area contributed by atoms with Crippen LogP contribution in [0.1, 0.15) is 19.1 Å². The highest BCUT2D eigenvalue weighted by Crippen LogP contribution is 2.06. The van der Waals surface area contributed by atoms with Crippen molar-refractivity contribution in [1.82, 2.24) is 5.48 Å². The zero-order valence-corrected chi connectivity index (χ0v) is 11.4. The first-order chi connectivity index (χ1) is 9.58. The van der Waals surface area contributed by atoms with E-state index in [1.54, 1.807) is 19.1 Å². The molecule has 1 atom stereocenters. The molecule has 0 bridgehead atoms. The SMILES string of the molecule is CONC(=O)CC(C)O/N=C(\C(=O)OC)c1ccco1. The van der Waals surface area contributed by atoms with E-state index in [1.807, 2.05) is 0 Å². The molecule has 0 aliphatic rings. The molecule has 0 fully saturated rings. The highest BCUT2D eigenvalue weighted by Gasteiger charge is 2.19. The fourth-order valence-corrected chi connectivity index (χ4v) is 1.29. The number of esters is 1. The van der Waals surface area contributed by atoms with E-state index >= 15 is 0 Å². The van der Waals surface area contributed by atoms with Gasteiger partial charge in [-0.1, -0.05) is 5.16 Å². The van der Waals surface area contributed by atoms with Crippen molar-refractivity contribution >= 4 is 17.6 Å². The number of furan rings is 1. The number of oxime groups is 1. The van der Waals surface area contributed by atoms with Crippen LogP contribution in [-0.2, 0) is 24.0 Å². The Kier molecular flexibility index (Phi) is 6.24. The number of methoxy groups -OCH3 is 1. The number of hydroxylamine groups is 1. The van der Waals surface area contributed by atoms with Gasteiger partial charge in [-0.2, -0.15) is 0 Å². The van der Waals surface area contributed by atoms with Crippen molar-refractivity contribution in [2.24, 2.45) is 5.16 Å². The summed E-state index contributed by atoms with van der Waals surface area (Å²) in [5.41, 5.74) is 2.03. The van der Waals surface area contributed by atoms with Gasteiger partial charge in [0.15, 0.2) is 5.76 Å². The summed E-state index contributed by atoms with van der Waals surface area (Å²) in [4.78, 5) is 32.3. The molecule has 0 saturated carbocycles. The fourth-order valence-electron chi connectivity index (χ4n) is 1.29. The number of rotatable bonds is 7. The van der Waals surface area contributed by atoms with E-state index in [0.717, 1.165) is 0 Å². The summed E-state index contributed by atoms with van der Waals surface area (Å²) in [5.74, 6) is -0.855. The van der Waals surface area contributed by atoms with E-state index in [4.69, 9.17) is 9.25 Å². The predicted octanol–water partition coefficient (Wildman–Crippen LogP) is 0.629. The van der Waals surface area contributed by atoms with E-state index in [2.05, 4.69) is 20.2 Å². The summed E-state index contributed by atoms with van der Waals surface area (Å²) < 4.78 is 9.64. The third-order valence-electron chi connectivity index (χ3n) is 2.15. The number of nitrogens with one attached hydrogen (secondary N) is 1. The number of carbonyl (C=O) groups excluding carboxylic acids is 2. The van der Waals surface area contributed by atoms with Crippen LogP contribution >= 0.6 is 0 Å².